The Labute approximate surface area is 102 Å². The molecule has 0 amide bonds. The Kier molecular flexibility index (Phi) is 2.68. The summed E-state index contributed by atoms with van der Waals surface area (Å²) < 4.78 is 0.952. The van der Waals surface area contributed by atoms with E-state index >= 15 is 0 Å². The Balaban J connectivity index is 2.64. The summed E-state index contributed by atoms with van der Waals surface area (Å²) in [5, 5.41) is 10.8. The normalized spacial score (nSPS) is 11.9. The van der Waals surface area contributed by atoms with Crippen LogP contribution in [0.3, 0.4) is 0 Å². The molecule has 0 spiro atoms. The molecule has 0 saturated carbocycles. The van der Waals surface area contributed by atoms with Crippen molar-refractivity contribution in [2.24, 2.45) is 0 Å². The first-order chi connectivity index (χ1) is 7.43. The van der Waals surface area contributed by atoms with E-state index in [0.29, 0.717) is 5.02 Å². The van der Waals surface area contributed by atoms with Crippen LogP contribution >= 0.6 is 22.9 Å². The van der Waals surface area contributed by atoms with Gasteiger partial charge in [-0.2, -0.15) is 0 Å². The van der Waals surface area contributed by atoms with E-state index in [-0.39, 0.29) is 0 Å². The van der Waals surface area contributed by atoms with Crippen LogP contribution < -0.4 is 0 Å². The van der Waals surface area contributed by atoms with Gasteiger partial charge in [-0.25, -0.2) is 0 Å². The first-order valence-electron chi connectivity index (χ1n) is 4.85. The predicted molar refractivity (Wildman–Crippen MR) is 67.5 cm³/mol. The minimum atomic E-state index is -0.868. The lowest BCUT2D eigenvalue weighted by Gasteiger charge is -2.16. The number of hydrogen-bond donors (Lipinski definition) is 1. The van der Waals surface area contributed by atoms with Crippen molar-refractivity contribution < 1.29 is 9.90 Å². The first-order valence-corrected chi connectivity index (χ1v) is 6.04. The fraction of sp³-hybridized carbons (Fsp3) is 0.250. The Hall–Kier alpha value is -1.06. The zero-order valence-corrected chi connectivity index (χ0v) is 10.5. The molecule has 1 heterocycles. The zero-order chi connectivity index (χ0) is 11.9. The SMILES string of the molecule is CC(C)(C(=O)O)c1cc2cccc(Cl)c2s1. The van der Waals surface area contributed by atoms with Gasteiger partial charge in [0.1, 0.15) is 0 Å². The van der Waals surface area contributed by atoms with Crippen LogP contribution in [0.25, 0.3) is 10.1 Å². The third-order valence-electron chi connectivity index (χ3n) is 2.65. The minimum absolute atomic E-state index is 0.676. The Bertz CT molecular complexity index is 557. The second-order valence-corrected chi connectivity index (χ2v) is 5.66. The standard InChI is InChI=1S/C12H11ClO2S/c1-12(2,11(14)15)9-6-7-4-3-5-8(13)10(7)16-9/h3-6H,1-2H3,(H,14,15). The van der Waals surface area contributed by atoms with Gasteiger partial charge in [-0.3, -0.25) is 4.79 Å². The number of rotatable bonds is 2. The molecule has 0 aliphatic carbocycles. The molecule has 1 N–H and O–H groups in total. The molecule has 2 aromatic rings. The number of hydrogen-bond acceptors (Lipinski definition) is 2. The van der Waals surface area contributed by atoms with Gasteiger partial charge in [-0.1, -0.05) is 23.7 Å². The van der Waals surface area contributed by atoms with Crippen LogP contribution in [-0.2, 0) is 10.2 Å². The first kappa shape index (κ1) is 11.4. The molecule has 0 aliphatic heterocycles. The average Bonchev–Trinajstić information content (AvgIpc) is 2.63. The summed E-state index contributed by atoms with van der Waals surface area (Å²) in [6.07, 6.45) is 0. The van der Waals surface area contributed by atoms with Crippen molar-refractivity contribution in [1.29, 1.82) is 0 Å². The molecule has 0 bridgehead atoms. The van der Waals surface area contributed by atoms with Gasteiger partial charge in [-0.15, -0.1) is 11.3 Å². The maximum atomic E-state index is 11.2. The molecule has 0 radical (unpaired) electrons. The molecule has 0 unspecified atom stereocenters. The lowest BCUT2D eigenvalue weighted by Crippen LogP contribution is -2.27. The van der Waals surface area contributed by atoms with Crippen LogP contribution in [0.2, 0.25) is 5.02 Å². The van der Waals surface area contributed by atoms with Crippen LogP contribution in [0.4, 0.5) is 0 Å². The highest BCUT2D eigenvalue weighted by Gasteiger charge is 2.31. The Morgan fingerprint density at radius 2 is 2.12 bits per heavy atom. The van der Waals surface area contributed by atoms with Gasteiger partial charge >= 0.3 is 5.97 Å². The third-order valence-corrected chi connectivity index (χ3v) is 4.58. The molecule has 2 rings (SSSR count). The van der Waals surface area contributed by atoms with E-state index in [1.807, 2.05) is 24.3 Å². The number of aliphatic carboxylic acids is 1. The van der Waals surface area contributed by atoms with Crippen molar-refractivity contribution in [1.82, 2.24) is 0 Å². The molecular weight excluding hydrogens is 244 g/mol. The fourth-order valence-corrected chi connectivity index (χ4v) is 2.90. The van der Waals surface area contributed by atoms with E-state index in [2.05, 4.69) is 0 Å². The van der Waals surface area contributed by atoms with Crippen molar-refractivity contribution in [3.05, 3.63) is 34.2 Å². The van der Waals surface area contributed by atoms with Crippen LogP contribution in [0.5, 0.6) is 0 Å². The van der Waals surface area contributed by atoms with Gasteiger partial charge in [0, 0.05) is 4.88 Å². The van der Waals surface area contributed by atoms with E-state index < -0.39 is 11.4 Å². The van der Waals surface area contributed by atoms with E-state index in [1.54, 1.807) is 13.8 Å². The number of fused-ring (bicyclic) bond motifs is 1. The van der Waals surface area contributed by atoms with Crippen LogP contribution in [0.1, 0.15) is 18.7 Å². The van der Waals surface area contributed by atoms with Crippen LogP contribution in [0, 0.1) is 0 Å². The van der Waals surface area contributed by atoms with E-state index in [0.717, 1.165) is 15.0 Å². The summed E-state index contributed by atoms with van der Waals surface area (Å²) in [7, 11) is 0. The number of halogens is 1. The van der Waals surface area contributed by atoms with Crippen molar-refractivity contribution in [2.75, 3.05) is 0 Å². The van der Waals surface area contributed by atoms with Crippen LogP contribution in [0.15, 0.2) is 24.3 Å². The molecule has 0 aliphatic rings. The topological polar surface area (TPSA) is 37.3 Å². The molecule has 0 atom stereocenters. The molecule has 1 aromatic carbocycles. The fourth-order valence-electron chi connectivity index (χ4n) is 1.44. The highest BCUT2D eigenvalue weighted by atomic mass is 35.5. The number of carboxylic acids is 1. The highest BCUT2D eigenvalue weighted by molar-refractivity contribution is 7.20. The van der Waals surface area contributed by atoms with E-state index in [1.165, 1.54) is 11.3 Å². The van der Waals surface area contributed by atoms with E-state index in [9.17, 15) is 4.79 Å². The van der Waals surface area contributed by atoms with Crippen molar-refractivity contribution in [3.63, 3.8) is 0 Å². The van der Waals surface area contributed by atoms with Gasteiger partial charge in [-0.05, 0) is 31.4 Å². The molecule has 84 valence electrons. The molecule has 2 nitrogen and oxygen atoms in total. The number of thiophene rings is 1. The smallest absolute Gasteiger partial charge is 0.314 e. The predicted octanol–water partition coefficient (Wildman–Crippen LogP) is 3.92. The van der Waals surface area contributed by atoms with Gasteiger partial charge in [0.25, 0.3) is 0 Å². The largest absolute Gasteiger partial charge is 0.481 e. The molecule has 4 heteroatoms. The summed E-state index contributed by atoms with van der Waals surface area (Å²) in [4.78, 5) is 12.0. The number of benzene rings is 1. The van der Waals surface area contributed by atoms with E-state index in [4.69, 9.17) is 16.7 Å². The van der Waals surface area contributed by atoms with Gasteiger partial charge in [0.2, 0.25) is 0 Å². The van der Waals surface area contributed by atoms with Gasteiger partial charge in [0.15, 0.2) is 0 Å². The average molecular weight is 255 g/mol. The van der Waals surface area contributed by atoms with Crippen LogP contribution in [-0.4, -0.2) is 11.1 Å². The molecule has 0 fully saturated rings. The lowest BCUT2D eigenvalue weighted by molar-refractivity contribution is -0.142. The third kappa shape index (κ3) is 1.70. The summed E-state index contributed by atoms with van der Waals surface area (Å²) >= 11 is 7.51. The maximum absolute atomic E-state index is 11.2. The maximum Gasteiger partial charge on any atom is 0.314 e. The molecule has 0 saturated heterocycles. The summed E-state index contributed by atoms with van der Waals surface area (Å²) in [5.74, 6) is -0.824. The van der Waals surface area contributed by atoms with Gasteiger partial charge < -0.3 is 5.11 Å². The van der Waals surface area contributed by atoms with Gasteiger partial charge in [0.05, 0.1) is 15.1 Å². The monoisotopic (exact) mass is 254 g/mol. The second-order valence-electron chi connectivity index (χ2n) is 4.20. The number of carbonyl (C=O) groups is 1. The molecule has 1 aromatic heterocycles. The summed E-state index contributed by atoms with van der Waals surface area (Å²) in [6, 6.07) is 7.53. The summed E-state index contributed by atoms with van der Waals surface area (Å²) in [6.45, 7) is 3.40. The van der Waals surface area contributed by atoms with Crippen molar-refractivity contribution in [2.45, 2.75) is 19.3 Å². The summed E-state index contributed by atoms with van der Waals surface area (Å²) in [5.41, 5.74) is -0.868. The highest BCUT2D eigenvalue weighted by Crippen LogP contribution is 2.37. The Morgan fingerprint density at radius 3 is 2.69 bits per heavy atom. The molecular formula is C12H11ClO2S. The molecule has 16 heavy (non-hydrogen) atoms. The van der Waals surface area contributed by atoms with Crippen molar-refractivity contribution in [3.8, 4) is 0 Å². The number of carboxylic acid groups (broad SMARTS) is 1. The zero-order valence-electron chi connectivity index (χ0n) is 8.95. The Morgan fingerprint density at radius 1 is 1.44 bits per heavy atom. The second kappa shape index (κ2) is 3.75. The lowest BCUT2D eigenvalue weighted by atomic mass is 9.91. The minimum Gasteiger partial charge on any atom is -0.481 e. The van der Waals surface area contributed by atoms with Crippen molar-refractivity contribution >= 4 is 39.0 Å². The quantitative estimate of drug-likeness (QED) is 0.882.